The molecule has 0 saturated carbocycles. The quantitative estimate of drug-likeness (QED) is 0.586. The average molecular weight is 246 g/mol. The van der Waals surface area contributed by atoms with Crippen molar-refractivity contribution in [3.05, 3.63) is 16.3 Å². The first kappa shape index (κ1) is 11.7. The largest absolute Gasteiger partial charge is 0.345 e. The fourth-order valence-electron chi connectivity index (χ4n) is 2.06. The SMILES string of the molecule is Cn1ncc([N+](=O)[O-])c1N1CCCC(F)(F)C1. The van der Waals surface area contributed by atoms with Crippen molar-refractivity contribution in [1.29, 1.82) is 0 Å². The van der Waals surface area contributed by atoms with Crippen LogP contribution in [0.25, 0.3) is 0 Å². The highest BCUT2D eigenvalue weighted by Gasteiger charge is 2.38. The lowest BCUT2D eigenvalue weighted by atomic mass is 10.1. The van der Waals surface area contributed by atoms with E-state index in [1.165, 1.54) is 16.6 Å². The van der Waals surface area contributed by atoms with Crippen LogP contribution in [0.2, 0.25) is 0 Å². The van der Waals surface area contributed by atoms with Crippen LogP contribution in [0.1, 0.15) is 12.8 Å². The van der Waals surface area contributed by atoms with Crippen molar-refractivity contribution in [2.24, 2.45) is 7.05 Å². The van der Waals surface area contributed by atoms with E-state index < -0.39 is 17.4 Å². The van der Waals surface area contributed by atoms with Crippen molar-refractivity contribution in [3.8, 4) is 0 Å². The van der Waals surface area contributed by atoms with Gasteiger partial charge in [0, 0.05) is 20.0 Å². The lowest BCUT2D eigenvalue weighted by Gasteiger charge is -2.33. The Bertz CT molecular complexity index is 446. The normalized spacial score (nSPS) is 19.4. The number of nitrogens with zero attached hydrogens (tertiary/aromatic N) is 4. The molecule has 94 valence electrons. The van der Waals surface area contributed by atoms with Gasteiger partial charge in [0.05, 0.1) is 11.5 Å². The van der Waals surface area contributed by atoms with Gasteiger partial charge in [0.15, 0.2) is 0 Å². The van der Waals surface area contributed by atoms with Gasteiger partial charge in [-0.15, -0.1) is 0 Å². The van der Waals surface area contributed by atoms with E-state index in [0.717, 1.165) is 6.20 Å². The summed E-state index contributed by atoms with van der Waals surface area (Å²) in [6, 6.07) is 0. The monoisotopic (exact) mass is 246 g/mol. The topological polar surface area (TPSA) is 64.2 Å². The molecule has 0 radical (unpaired) electrons. The zero-order valence-corrected chi connectivity index (χ0v) is 9.27. The zero-order chi connectivity index (χ0) is 12.6. The van der Waals surface area contributed by atoms with E-state index in [9.17, 15) is 18.9 Å². The van der Waals surface area contributed by atoms with E-state index in [0.29, 0.717) is 13.0 Å². The Morgan fingerprint density at radius 1 is 1.59 bits per heavy atom. The van der Waals surface area contributed by atoms with Crippen LogP contribution in [0.3, 0.4) is 0 Å². The molecule has 0 aromatic carbocycles. The Morgan fingerprint density at radius 3 is 2.88 bits per heavy atom. The van der Waals surface area contributed by atoms with Crippen LogP contribution < -0.4 is 4.90 Å². The summed E-state index contributed by atoms with van der Waals surface area (Å²) in [6.07, 6.45) is 1.23. The molecule has 0 spiro atoms. The predicted molar refractivity (Wildman–Crippen MR) is 56.3 cm³/mol. The second-order valence-electron chi connectivity index (χ2n) is 4.12. The Balaban J connectivity index is 2.33. The summed E-state index contributed by atoms with van der Waals surface area (Å²) in [4.78, 5) is 11.5. The highest BCUT2D eigenvalue weighted by Crippen LogP contribution is 2.34. The van der Waals surface area contributed by atoms with E-state index in [-0.39, 0.29) is 17.9 Å². The molecule has 0 N–H and O–H groups in total. The van der Waals surface area contributed by atoms with Crippen LogP contribution in [0.15, 0.2) is 6.20 Å². The highest BCUT2D eigenvalue weighted by atomic mass is 19.3. The summed E-state index contributed by atoms with van der Waals surface area (Å²) < 4.78 is 27.8. The Labute approximate surface area is 96.0 Å². The van der Waals surface area contributed by atoms with Gasteiger partial charge in [-0.25, -0.2) is 13.5 Å². The van der Waals surface area contributed by atoms with Gasteiger partial charge >= 0.3 is 5.69 Å². The predicted octanol–water partition coefficient (Wildman–Crippen LogP) is 1.56. The summed E-state index contributed by atoms with van der Waals surface area (Å²) in [7, 11) is 1.51. The summed E-state index contributed by atoms with van der Waals surface area (Å²) in [5, 5.41) is 14.5. The maximum absolute atomic E-state index is 13.3. The molecule has 0 atom stereocenters. The van der Waals surface area contributed by atoms with Crippen LogP contribution in [0.4, 0.5) is 20.3 Å². The van der Waals surface area contributed by atoms with Crippen molar-refractivity contribution >= 4 is 11.5 Å². The van der Waals surface area contributed by atoms with Gasteiger partial charge in [-0.1, -0.05) is 0 Å². The van der Waals surface area contributed by atoms with Gasteiger partial charge in [-0.05, 0) is 6.42 Å². The molecule has 0 bridgehead atoms. The number of hydrogen-bond donors (Lipinski definition) is 0. The molecule has 1 aromatic heterocycles. The fourth-order valence-corrected chi connectivity index (χ4v) is 2.06. The van der Waals surface area contributed by atoms with Crippen molar-refractivity contribution in [1.82, 2.24) is 9.78 Å². The van der Waals surface area contributed by atoms with Crippen LogP contribution in [0, 0.1) is 10.1 Å². The summed E-state index contributed by atoms with van der Waals surface area (Å²) in [5.41, 5.74) is -0.231. The van der Waals surface area contributed by atoms with Crippen molar-refractivity contribution in [2.75, 3.05) is 18.0 Å². The third kappa shape index (κ3) is 2.20. The molecule has 0 aliphatic carbocycles. The van der Waals surface area contributed by atoms with E-state index in [4.69, 9.17) is 0 Å². The first-order valence-electron chi connectivity index (χ1n) is 5.20. The number of hydrogen-bond acceptors (Lipinski definition) is 4. The van der Waals surface area contributed by atoms with Crippen LogP contribution in [-0.2, 0) is 7.05 Å². The molecule has 0 amide bonds. The molecule has 0 unspecified atom stereocenters. The Morgan fingerprint density at radius 2 is 2.29 bits per heavy atom. The molecule has 17 heavy (non-hydrogen) atoms. The van der Waals surface area contributed by atoms with Crippen LogP contribution in [-0.4, -0.2) is 33.7 Å². The molecule has 1 aliphatic heterocycles. The number of anilines is 1. The second kappa shape index (κ2) is 3.94. The first-order valence-corrected chi connectivity index (χ1v) is 5.20. The minimum Gasteiger partial charge on any atom is -0.345 e. The molecule has 1 aliphatic rings. The van der Waals surface area contributed by atoms with Gasteiger partial charge in [-0.3, -0.25) is 10.1 Å². The number of aryl methyl sites for hydroxylation is 1. The Hall–Kier alpha value is -1.73. The molecule has 2 rings (SSSR count). The van der Waals surface area contributed by atoms with E-state index >= 15 is 0 Å². The molecule has 6 nitrogen and oxygen atoms in total. The summed E-state index contributed by atoms with van der Waals surface area (Å²) in [6.45, 7) is -0.108. The standard InChI is InChI=1S/C9H12F2N4O2/c1-13-8(7(5-12-13)15(16)17)14-4-2-3-9(10,11)6-14/h5H,2-4,6H2,1H3. The second-order valence-corrected chi connectivity index (χ2v) is 4.12. The highest BCUT2D eigenvalue weighted by molar-refractivity contribution is 5.57. The van der Waals surface area contributed by atoms with E-state index in [1.54, 1.807) is 0 Å². The van der Waals surface area contributed by atoms with Crippen molar-refractivity contribution < 1.29 is 13.7 Å². The third-order valence-electron chi connectivity index (χ3n) is 2.78. The molecule has 1 saturated heterocycles. The Kier molecular flexibility index (Phi) is 2.72. The molecule has 2 heterocycles. The van der Waals surface area contributed by atoms with Crippen LogP contribution >= 0.6 is 0 Å². The number of nitro groups is 1. The minimum absolute atomic E-state index is 0.148. The van der Waals surface area contributed by atoms with Crippen LogP contribution in [0.5, 0.6) is 0 Å². The average Bonchev–Trinajstić information content (AvgIpc) is 2.58. The van der Waals surface area contributed by atoms with Gasteiger partial charge < -0.3 is 4.90 Å². The molecular weight excluding hydrogens is 234 g/mol. The summed E-state index contributed by atoms with van der Waals surface area (Å²) in [5.74, 6) is -2.65. The lowest BCUT2D eigenvalue weighted by Crippen LogP contribution is -2.43. The number of aromatic nitrogens is 2. The maximum Gasteiger partial charge on any atom is 0.331 e. The maximum atomic E-state index is 13.3. The molecule has 1 fully saturated rings. The molecular formula is C9H12F2N4O2. The number of rotatable bonds is 2. The molecule has 1 aromatic rings. The van der Waals surface area contributed by atoms with Gasteiger partial charge in [0.2, 0.25) is 5.82 Å². The van der Waals surface area contributed by atoms with Crippen molar-refractivity contribution in [3.63, 3.8) is 0 Å². The minimum atomic E-state index is -2.80. The number of halogens is 2. The van der Waals surface area contributed by atoms with Gasteiger partial charge in [-0.2, -0.15) is 5.10 Å². The first-order chi connectivity index (χ1) is 7.91. The van der Waals surface area contributed by atoms with Gasteiger partial charge in [0.1, 0.15) is 6.20 Å². The van der Waals surface area contributed by atoms with E-state index in [1.807, 2.05) is 0 Å². The molecule has 8 heteroatoms. The smallest absolute Gasteiger partial charge is 0.331 e. The van der Waals surface area contributed by atoms with Gasteiger partial charge in [0.25, 0.3) is 5.92 Å². The zero-order valence-electron chi connectivity index (χ0n) is 9.27. The lowest BCUT2D eigenvalue weighted by molar-refractivity contribution is -0.384. The van der Waals surface area contributed by atoms with Crippen molar-refractivity contribution in [2.45, 2.75) is 18.8 Å². The number of piperidine rings is 1. The third-order valence-corrected chi connectivity index (χ3v) is 2.78. The fraction of sp³-hybridized carbons (Fsp3) is 0.667. The van der Waals surface area contributed by atoms with E-state index in [2.05, 4.69) is 5.10 Å². The number of alkyl halides is 2. The summed E-state index contributed by atoms with van der Waals surface area (Å²) >= 11 is 0.